The van der Waals surface area contributed by atoms with Crippen LogP contribution in [0.5, 0.6) is 0 Å². The van der Waals surface area contributed by atoms with Crippen molar-refractivity contribution in [2.45, 2.75) is 65.6 Å². The zero-order valence-corrected chi connectivity index (χ0v) is 21.0. The number of aliphatic hydroxyl groups excluding tert-OH is 3. The number of thioether (sulfide) groups is 2. The third-order valence-electron chi connectivity index (χ3n) is 6.57. The van der Waals surface area contributed by atoms with Gasteiger partial charge in [-0.1, -0.05) is 30.0 Å². The minimum atomic E-state index is -1.27. The number of anilines is 1. The minimum Gasteiger partial charge on any atom is -0.388 e. The molecular weight excluding hydrogens is 499 g/mol. The molecule has 1 unspecified atom stereocenters. The van der Waals surface area contributed by atoms with E-state index >= 15 is 0 Å². The molecule has 184 valence electrons. The van der Waals surface area contributed by atoms with Crippen LogP contribution in [0.4, 0.5) is 15.2 Å². The average Bonchev–Trinajstić information content (AvgIpc) is 3.42. The topological polar surface area (TPSA) is 111 Å². The molecule has 1 aliphatic carbocycles. The van der Waals surface area contributed by atoms with Crippen molar-refractivity contribution in [2.75, 3.05) is 17.3 Å². The molecule has 0 radical (unpaired) electrons. The molecule has 3 heterocycles. The van der Waals surface area contributed by atoms with Crippen molar-refractivity contribution in [2.24, 2.45) is 10.9 Å². The smallest absolute Gasteiger partial charge is 0.234 e. The zero-order chi connectivity index (χ0) is 23.9. The van der Waals surface area contributed by atoms with Crippen LogP contribution >= 0.6 is 34.9 Å². The molecule has 2 saturated heterocycles. The highest BCUT2D eigenvalue weighted by atomic mass is 32.2. The Morgan fingerprint density at radius 1 is 1.15 bits per heavy atom. The van der Waals surface area contributed by atoms with Gasteiger partial charge >= 0.3 is 0 Å². The number of aliphatic imine (C=N–C) groups is 1. The number of rotatable bonds is 4. The van der Waals surface area contributed by atoms with Gasteiger partial charge in [-0.15, -0.1) is 22.0 Å². The monoisotopic (exact) mass is 526 g/mol. The van der Waals surface area contributed by atoms with Gasteiger partial charge in [-0.05, 0) is 55.9 Å². The van der Waals surface area contributed by atoms with Gasteiger partial charge in [-0.3, -0.25) is 0 Å². The molecule has 1 spiro atoms. The summed E-state index contributed by atoms with van der Waals surface area (Å²) < 4.78 is 19.6. The Morgan fingerprint density at radius 2 is 1.88 bits per heavy atom. The van der Waals surface area contributed by atoms with Crippen molar-refractivity contribution in [3.8, 4) is 0 Å². The summed E-state index contributed by atoms with van der Waals surface area (Å²) in [5, 5.41) is 38.6. The number of ether oxygens (including phenoxy) is 1. The molecule has 1 aromatic heterocycles. The molecule has 0 amide bonds. The van der Waals surface area contributed by atoms with E-state index in [-0.39, 0.29) is 17.3 Å². The lowest BCUT2D eigenvalue weighted by atomic mass is 9.85. The maximum atomic E-state index is 13.6. The van der Waals surface area contributed by atoms with Crippen LogP contribution in [0.15, 0.2) is 33.6 Å². The highest BCUT2D eigenvalue weighted by molar-refractivity contribution is 8.02. The van der Waals surface area contributed by atoms with Crippen LogP contribution < -0.4 is 4.90 Å². The molecule has 5 rings (SSSR count). The van der Waals surface area contributed by atoms with Crippen LogP contribution in [-0.4, -0.2) is 72.3 Å². The van der Waals surface area contributed by atoms with Gasteiger partial charge in [0, 0.05) is 5.69 Å². The molecule has 1 saturated carbocycles. The molecule has 8 nitrogen and oxygen atoms in total. The predicted molar refractivity (Wildman–Crippen MR) is 132 cm³/mol. The van der Waals surface area contributed by atoms with Gasteiger partial charge in [0.2, 0.25) is 5.13 Å². The first-order valence-electron chi connectivity index (χ1n) is 11.3. The van der Waals surface area contributed by atoms with E-state index in [1.165, 1.54) is 23.5 Å². The predicted octanol–water partition coefficient (Wildman–Crippen LogP) is 3.40. The molecule has 2 aromatic rings. The van der Waals surface area contributed by atoms with Crippen molar-refractivity contribution < 1.29 is 24.4 Å². The summed E-state index contributed by atoms with van der Waals surface area (Å²) in [6, 6.07) is 6.57. The molecule has 34 heavy (non-hydrogen) atoms. The second-order valence-corrected chi connectivity index (χ2v) is 12.6. The molecule has 1 aromatic carbocycles. The van der Waals surface area contributed by atoms with E-state index < -0.39 is 23.7 Å². The number of hydrogen-bond acceptors (Lipinski definition) is 10. The minimum absolute atomic E-state index is 0.0611. The summed E-state index contributed by atoms with van der Waals surface area (Å²) in [6.45, 7) is 2.23. The Kier molecular flexibility index (Phi) is 7.18. The lowest BCUT2D eigenvalue weighted by Crippen LogP contribution is -2.51. The molecule has 4 atom stereocenters. The fourth-order valence-electron chi connectivity index (χ4n) is 4.59. The maximum absolute atomic E-state index is 13.6. The number of hydrogen-bond donors (Lipinski definition) is 3. The van der Waals surface area contributed by atoms with Crippen LogP contribution in [0.1, 0.15) is 32.6 Å². The number of aliphatic hydroxyl groups is 3. The first kappa shape index (κ1) is 24.4. The number of halogens is 1. The van der Waals surface area contributed by atoms with Gasteiger partial charge in [-0.2, -0.15) is 0 Å². The van der Waals surface area contributed by atoms with Crippen molar-refractivity contribution in [1.29, 1.82) is 0 Å². The Labute approximate surface area is 209 Å². The normalized spacial score (nSPS) is 35.4. The lowest BCUT2D eigenvalue weighted by molar-refractivity contribution is -0.161. The first-order chi connectivity index (χ1) is 16.3. The van der Waals surface area contributed by atoms with E-state index in [4.69, 9.17) is 9.73 Å². The second-order valence-electron chi connectivity index (χ2n) is 8.98. The molecule has 0 bridgehead atoms. The molecule has 2 aliphatic heterocycles. The van der Waals surface area contributed by atoms with E-state index in [9.17, 15) is 19.7 Å². The van der Waals surface area contributed by atoms with Crippen LogP contribution in [0.3, 0.4) is 0 Å². The first-order valence-corrected chi connectivity index (χ1v) is 14.0. The van der Waals surface area contributed by atoms with Gasteiger partial charge in [-0.25, -0.2) is 9.38 Å². The van der Waals surface area contributed by atoms with E-state index in [2.05, 4.69) is 22.0 Å². The summed E-state index contributed by atoms with van der Waals surface area (Å²) in [4.78, 5) is 6.99. The SMILES string of the molecule is CC1CCC2(CC1)SCC(=Nc1nnc(SC3OC[C@@H](O)[C@H](O)[C@H]3O)s1)N2c1ccc(F)cc1. The third kappa shape index (κ3) is 4.86. The Bertz CT molecular complexity index is 1030. The third-order valence-corrected chi connectivity index (χ3v) is 10.2. The average molecular weight is 527 g/mol. The van der Waals surface area contributed by atoms with Gasteiger partial charge < -0.3 is 25.0 Å². The van der Waals surface area contributed by atoms with Crippen molar-refractivity contribution >= 4 is 51.5 Å². The van der Waals surface area contributed by atoms with Gasteiger partial charge in [0.05, 0.1) is 17.2 Å². The number of benzene rings is 1. The summed E-state index contributed by atoms with van der Waals surface area (Å²) in [6.07, 6.45) is 0.739. The van der Waals surface area contributed by atoms with Gasteiger partial charge in [0.25, 0.3) is 0 Å². The van der Waals surface area contributed by atoms with Gasteiger partial charge in [0.1, 0.15) is 35.4 Å². The summed E-state index contributed by atoms with van der Waals surface area (Å²) in [7, 11) is 0. The van der Waals surface area contributed by atoms with E-state index in [0.717, 1.165) is 54.7 Å². The number of amidine groups is 1. The highest BCUT2D eigenvalue weighted by Crippen LogP contribution is 2.51. The van der Waals surface area contributed by atoms with Crippen LogP contribution in [0.25, 0.3) is 0 Å². The van der Waals surface area contributed by atoms with Crippen molar-refractivity contribution in [1.82, 2.24) is 10.2 Å². The number of nitrogens with zero attached hydrogens (tertiary/aromatic N) is 4. The standard InChI is InChI=1S/C22H27FN4O4S3/c1-12-6-8-22(9-7-12)27(14-4-2-13(23)3-5-14)16(11-32-22)24-20-25-26-21(34-20)33-19-18(30)17(29)15(28)10-31-19/h2-5,12,15,17-19,28-30H,6-11H2,1H3/t12?,15-,17+,18-,19?,22?/m1/s1. The Hall–Kier alpha value is -1.28. The van der Waals surface area contributed by atoms with Gasteiger partial charge in [0.15, 0.2) is 4.34 Å². The lowest BCUT2D eigenvalue weighted by Gasteiger charge is -2.43. The van der Waals surface area contributed by atoms with Crippen molar-refractivity contribution in [3.63, 3.8) is 0 Å². The van der Waals surface area contributed by atoms with E-state index in [1.54, 1.807) is 12.1 Å². The summed E-state index contributed by atoms with van der Waals surface area (Å²) in [5.74, 6) is 2.02. The largest absolute Gasteiger partial charge is 0.388 e. The zero-order valence-electron chi connectivity index (χ0n) is 18.6. The highest BCUT2D eigenvalue weighted by Gasteiger charge is 2.47. The molecule has 3 N–H and O–H groups in total. The van der Waals surface area contributed by atoms with E-state index in [1.807, 2.05) is 11.8 Å². The molecule has 3 aliphatic rings. The second kappa shape index (κ2) is 10.00. The summed E-state index contributed by atoms with van der Waals surface area (Å²) in [5.41, 5.74) is 0.169. The Morgan fingerprint density at radius 3 is 2.62 bits per heavy atom. The van der Waals surface area contributed by atoms with Crippen molar-refractivity contribution in [3.05, 3.63) is 30.1 Å². The van der Waals surface area contributed by atoms with E-state index in [0.29, 0.717) is 15.4 Å². The fraction of sp³-hybridized carbons (Fsp3) is 0.591. The van der Waals surface area contributed by atoms with Crippen LogP contribution in [0, 0.1) is 11.7 Å². The molecule has 12 heteroatoms. The maximum Gasteiger partial charge on any atom is 0.234 e. The fourth-order valence-corrected chi connectivity index (χ4v) is 7.95. The number of aromatic nitrogens is 2. The molecular formula is C22H27FN4O4S3. The molecule has 3 fully saturated rings. The van der Waals surface area contributed by atoms with Crippen LogP contribution in [-0.2, 0) is 4.74 Å². The Balaban J connectivity index is 1.38. The summed E-state index contributed by atoms with van der Waals surface area (Å²) >= 11 is 4.31. The van der Waals surface area contributed by atoms with Crippen LogP contribution in [0.2, 0.25) is 0 Å². The quantitative estimate of drug-likeness (QED) is 0.552.